The Hall–Kier alpha value is -2.44. The maximum absolute atomic E-state index is 11.4. The summed E-state index contributed by atoms with van der Waals surface area (Å²) in [7, 11) is 2.78. The molecule has 2 aromatic rings. The van der Waals surface area contributed by atoms with Gasteiger partial charge in [-0.1, -0.05) is 47.6 Å². The topological polar surface area (TPSA) is 70.1 Å². The molecule has 0 saturated carbocycles. The van der Waals surface area contributed by atoms with Gasteiger partial charge in [-0.05, 0) is 16.3 Å². The molecule has 0 aliphatic heterocycles. The lowest BCUT2D eigenvalue weighted by molar-refractivity contribution is -0.241. The van der Waals surface area contributed by atoms with Gasteiger partial charge in [0.2, 0.25) is 0 Å². The fraction of sp³-hybridized carbons (Fsp3) is 0.250. The van der Waals surface area contributed by atoms with Gasteiger partial charge < -0.3 is 9.90 Å². The van der Waals surface area contributed by atoms with Crippen LogP contribution in [0.1, 0.15) is 5.56 Å². The molecule has 116 valence electrons. The number of fused-ring (bicyclic) bond motifs is 1. The molecule has 0 aromatic heterocycles. The van der Waals surface area contributed by atoms with Crippen molar-refractivity contribution in [2.24, 2.45) is 0 Å². The van der Waals surface area contributed by atoms with Crippen molar-refractivity contribution in [2.75, 3.05) is 14.2 Å². The van der Waals surface area contributed by atoms with Crippen molar-refractivity contribution in [3.8, 4) is 0 Å². The summed E-state index contributed by atoms with van der Waals surface area (Å²) < 4.78 is 0. The van der Waals surface area contributed by atoms with Crippen molar-refractivity contribution in [1.82, 2.24) is 10.2 Å². The highest BCUT2D eigenvalue weighted by atomic mass is 16.7. The van der Waals surface area contributed by atoms with Gasteiger partial charge in [-0.25, -0.2) is 9.80 Å². The van der Waals surface area contributed by atoms with Crippen LogP contribution in [0.4, 0.5) is 4.79 Å². The van der Waals surface area contributed by atoms with Gasteiger partial charge in [-0.15, -0.1) is 0 Å². The van der Waals surface area contributed by atoms with E-state index in [9.17, 15) is 14.7 Å². The molecule has 6 heteroatoms. The Kier molecular flexibility index (Phi) is 5.08. The number of amides is 1. The Bertz CT molecular complexity index is 674. The fourth-order valence-corrected chi connectivity index (χ4v) is 2.36. The molecule has 1 unspecified atom stereocenters. The maximum Gasteiger partial charge on any atom is 0.424 e. The fourth-order valence-electron chi connectivity index (χ4n) is 2.36. The average Bonchev–Trinajstić information content (AvgIpc) is 2.53. The smallest absolute Gasteiger partial charge is 0.424 e. The number of hydroxylamine groups is 1. The molecular weight excluding hydrogens is 284 g/mol. The highest BCUT2D eigenvalue weighted by molar-refractivity contribution is 5.83. The number of rotatable bonds is 6. The van der Waals surface area contributed by atoms with Crippen LogP contribution in [0.25, 0.3) is 10.8 Å². The second kappa shape index (κ2) is 7.02. The number of hydrazine groups is 1. The van der Waals surface area contributed by atoms with Crippen molar-refractivity contribution in [2.45, 2.75) is 12.5 Å². The molecule has 0 aliphatic rings. The van der Waals surface area contributed by atoms with Crippen LogP contribution >= 0.6 is 0 Å². The first-order valence-corrected chi connectivity index (χ1v) is 6.79. The molecule has 22 heavy (non-hydrogen) atoms. The third-order valence-corrected chi connectivity index (χ3v) is 3.49. The quantitative estimate of drug-likeness (QED) is 0.655. The van der Waals surface area contributed by atoms with E-state index < -0.39 is 12.1 Å². The van der Waals surface area contributed by atoms with Gasteiger partial charge >= 0.3 is 6.09 Å². The van der Waals surface area contributed by atoms with Crippen LogP contribution < -0.4 is 0 Å². The molecule has 6 nitrogen and oxygen atoms in total. The van der Waals surface area contributed by atoms with Crippen LogP contribution in [0.2, 0.25) is 0 Å². The number of hydrogen-bond acceptors (Lipinski definition) is 4. The van der Waals surface area contributed by atoms with Crippen molar-refractivity contribution in [3.05, 3.63) is 48.0 Å². The van der Waals surface area contributed by atoms with Crippen molar-refractivity contribution in [1.29, 1.82) is 0 Å². The Morgan fingerprint density at radius 1 is 1.27 bits per heavy atom. The molecule has 0 fully saturated rings. The Balaban J connectivity index is 2.27. The first kappa shape index (κ1) is 15.9. The largest absolute Gasteiger partial charge is 0.464 e. The van der Waals surface area contributed by atoms with Gasteiger partial charge in [0.25, 0.3) is 0 Å². The van der Waals surface area contributed by atoms with Gasteiger partial charge in [-0.3, -0.25) is 4.84 Å². The second-order valence-electron chi connectivity index (χ2n) is 4.86. The van der Waals surface area contributed by atoms with E-state index in [2.05, 4.69) is 0 Å². The summed E-state index contributed by atoms with van der Waals surface area (Å²) in [6.45, 7) is 0. The van der Waals surface area contributed by atoms with Crippen LogP contribution in [0.5, 0.6) is 0 Å². The van der Waals surface area contributed by atoms with Gasteiger partial charge in [0.1, 0.15) is 12.3 Å². The Morgan fingerprint density at radius 3 is 2.55 bits per heavy atom. The first-order valence-electron chi connectivity index (χ1n) is 6.79. The zero-order valence-corrected chi connectivity index (χ0v) is 12.5. The highest BCUT2D eigenvalue weighted by Crippen LogP contribution is 2.18. The molecule has 1 atom stereocenters. The van der Waals surface area contributed by atoms with Gasteiger partial charge in [0, 0.05) is 13.5 Å². The normalized spacial score (nSPS) is 12.3. The predicted molar refractivity (Wildman–Crippen MR) is 82.1 cm³/mol. The van der Waals surface area contributed by atoms with Gasteiger partial charge in [0.05, 0.1) is 7.11 Å². The molecule has 0 saturated heterocycles. The summed E-state index contributed by atoms with van der Waals surface area (Å²) in [5.41, 5.74) is 0.881. The summed E-state index contributed by atoms with van der Waals surface area (Å²) in [5.74, 6) is 0. The van der Waals surface area contributed by atoms with E-state index in [1.807, 2.05) is 42.5 Å². The summed E-state index contributed by atoms with van der Waals surface area (Å²) in [6.07, 6.45) is -0.366. The molecule has 2 aromatic carbocycles. The first-order chi connectivity index (χ1) is 10.6. The SMILES string of the molecule is CON(C)N(C(=O)O)C(C=O)Cc1ccc2ccccc2c1. The monoisotopic (exact) mass is 302 g/mol. The summed E-state index contributed by atoms with van der Waals surface area (Å²) in [4.78, 5) is 27.6. The molecule has 0 bridgehead atoms. The Labute approximate surface area is 128 Å². The maximum atomic E-state index is 11.4. The number of benzene rings is 2. The number of nitrogens with zero attached hydrogens (tertiary/aromatic N) is 2. The van der Waals surface area contributed by atoms with E-state index in [1.54, 1.807) is 0 Å². The van der Waals surface area contributed by atoms with Crippen LogP contribution in [-0.4, -0.2) is 47.9 Å². The van der Waals surface area contributed by atoms with E-state index >= 15 is 0 Å². The molecule has 0 radical (unpaired) electrons. The van der Waals surface area contributed by atoms with Gasteiger partial charge in [0.15, 0.2) is 0 Å². The van der Waals surface area contributed by atoms with E-state index in [0.29, 0.717) is 6.29 Å². The minimum Gasteiger partial charge on any atom is -0.464 e. The summed E-state index contributed by atoms with van der Waals surface area (Å²) in [5, 5.41) is 13.3. The molecule has 1 amide bonds. The van der Waals surface area contributed by atoms with Crippen molar-refractivity contribution in [3.63, 3.8) is 0 Å². The summed E-state index contributed by atoms with van der Waals surface area (Å²) in [6, 6.07) is 12.8. The number of hydrogen-bond donors (Lipinski definition) is 1. The Morgan fingerprint density at radius 2 is 1.95 bits per heavy atom. The number of carbonyl (C=O) groups is 2. The zero-order valence-electron chi connectivity index (χ0n) is 12.5. The van der Waals surface area contributed by atoms with E-state index in [1.165, 1.54) is 14.2 Å². The standard InChI is InChI=1S/C16H18N2O4/c1-17(22-2)18(16(20)21)15(11-19)10-12-7-8-13-5-3-4-6-14(13)9-12/h3-9,11,15H,10H2,1-2H3,(H,20,21). The second-order valence-corrected chi connectivity index (χ2v) is 4.86. The van der Waals surface area contributed by atoms with Crippen molar-refractivity contribution >= 4 is 23.2 Å². The predicted octanol–water partition coefficient (Wildman–Crippen LogP) is 2.34. The van der Waals surface area contributed by atoms with Crippen molar-refractivity contribution < 1.29 is 19.5 Å². The highest BCUT2D eigenvalue weighted by Gasteiger charge is 2.27. The lowest BCUT2D eigenvalue weighted by Crippen LogP contribution is -2.51. The third kappa shape index (κ3) is 3.41. The molecule has 0 heterocycles. The molecule has 1 N–H and O–H groups in total. The van der Waals surface area contributed by atoms with Crippen LogP contribution in [0, 0.1) is 0 Å². The molecular formula is C16H18N2O4. The average molecular weight is 302 g/mol. The summed E-state index contributed by atoms with van der Waals surface area (Å²) >= 11 is 0. The lowest BCUT2D eigenvalue weighted by Gasteiger charge is -2.31. The van der Waals surface area contributed by atoms with Crippen LogP contribution in [0.15, 0.2) is 42.5 Å². The lowest BCUT2D eigenvalue weighted by atomic mass is 10.0. The minimum atomic E-state index is -1.25. The number of aldehydes is 1. The van der Waals surface area contributed by atoms with E-state index in [-0.39, 0.29) is 6.42 Å². The molecule has 0 aliphatic carbocycles. The number of carbonyl (C=O) groups excluding carboxylic acids is 1. The number of carboxylic acid groups (broad SMARTS) is 1. The molecule has 0 spiro atoms. The van der Waals surface area contributed by atoms with E-state index in [0.717, 1.165) is 26.5 Å². The zero-order chi connectivity index (χ0) is 16.1. The van der Waals surface area contributed by atoms with E-state index in [4.69, 9.17) is 4.84 Å². The third-order valence-electron chi connectivity index (χ3n) is 3.49. The van der Waals surface area contributed by atoms with Gasteiger partial charge in [-0.2, -0.15) is 0 Å². The van der Waals surface area contributed by atoms with Crippen LogP contribution in [-0.2, 0) is 16.1 Å². The molecule has 2 rings (SSSR count). The van der Waals surface area contributed by atoms with Crippen LogP contribution in [0.3, 0.4) is 0 Å². The minimum absolute atomic E-state index is 0.272.